The number of anilines is 1. The minimum absolute atomic E-state index is 0.0584. The number of hydrogen-bond donors (Lipinski definition) is 1. The average Bonchev–Trinajstić information content (AvgIpc) is 2.85. The van der Waals surface area contributed by atoms with Crippen molar-refractivity contribution in [1.82, 2.24) is 9.97 Å². The van der Waals surface area contributed by atoms with Crippen LogP contribution in [0.25, 0.3) is 22.3 Å². The number of amides is 1. The van der Waals surface area contributed by atoms with Crippen LogP contribution in [0.3, 0.4) is 0 Å². The van der Waals surface area contributed by atoms with Crippen molar-refractivity contribution in [2.24, 2.45) is 0 Å². The van der Waals surface area contributed by atoms with Gasteiger partial charge < -0.3 is 14.8 Å². The van der Waals surface area contributed by atoms with E-state index in [1.54, 1.807) is 18.2 Å². The van der Waals surface area contributed by atoms with Gasteiger partial charge in [-0.05, 0) is 44.2 Å². The zero-order valence-corrected chi connectivity index (χ0v) is 19.7. The number of rotatable bonds is 9. The summed E-state index contributed by atoms with van der Waals surface area (Å²) >= 11 is 1.22. The Bertz CT molecular complexity index is 1280. The van der Waals surface area contributed by atoms with Gasteiger partial charge in [0.25, 0.3) is 0 Å². The Morgan fingerprint density at radius 3 is 2.32 bits per heavy atom. The van der Waals surface area contributed by atoms with E-state index in [2.05, 4.69) is 15.3 Å². The number of halogens is 1. The van der Waals surface area contributed by atoms with E-state index >= 15 is 0 Å². The van der Waals surface area contributed by atoms with E-state index in [4.69, 9.17) is 9.47 Å². The zero-order valence-electron chi connectivity index (χ0n) is 18.9. The van der Waals surface area contributed by atoms with Crippen molar-refractivity contribution in [3.8, 4) is 22.9 Å². The summed E-state index contributed by atoms with van der Waals surface area (Å²) in [5, 5.41) is 3.98. The fourth-order valence-electron chi connectivity index (χ4n) is 3.39. The zero-order chi connectivity index (χ0) is 23.9. The number of para-hydroxylation sites is 1. The van der Waals surface area contributed by atoms with Crippen molar-refractivity contribution in [3.05, 3.63) is 72.5 Å². The van der Waals surface area contributed by atoms with E-state index in [0.29, 0.717) is 52.2 Å². The molecule has 0 aliphatic rings. The normalized spacial score (nSPS) is 10.8. The molecule has 0 aliphatic heterocycles. The van der Waals surface area contributed by atoms with Gasteiger partial charge in [-0.3, -0.25) is 4.79 Å². The average molecular weight is 478 g/mol. The van der Waals surface area contributed by atoms with Crippen LogP contribution in [0.5, 0.6) is 11.5 Å². The number of carbonyl (C=O) groups excluding carboxylic acids is 1. The Labute approximate surface area is 201 Å². The highest BCUT2D eigenvalue weighted by atomic mass is 32.2. The van der Waals surface area contributed by atoms with Gasteiger partial charge in [-0.1, -0.05) is 48.2 Å². The van der Waals surface area contributed by atoms with Gasteiger partial charge in [-0.15, -0.1) is 0 Å². The van der Waals surface area contributed by atoms with E-state index in [1.165, 1.54) is 23.9 Å². The van der Waals surface area contributed by atoms with Crippen molar-refractivity contribution in [2.45, 2.75) is 18.9 Å². The first-order chi connectivity index (χ1) is 16.6. The molecule has 4 rings (SSSR count). The molecule has 0 saturated heterocycles. The Morgan fingerprint density at radius 1 is 0.941 bits per heavy atom. The van der Waals surface area contributed by atoms with Gasteiger partial charge in [0.1, 0.15) is 28.0 Å². The summed E-state index contributed by atoms with van der Waals surface area (Å²) in [6, 6.07) is 19.3. The molecule has 6 nitrogen and oxygen atoms in total. The van der Waals surface area contributed by atoms with Crippen LogP contribution in [0.2, 0.25) is 0 Å². The smallest absolute Gasteiger partial charge is 0.234 e. The highest BCUT2D eigenvalue weighted by Gasteiger charge is 2.16. The lowest BCUT2D eigenvalue weighted by molar-refractivity contribution is -0.113. The third-order valence-corrected chi connectivity index (χ3v) is 5.84. The molecule has 1 aromatic heterocycles. The first-order valence-electron chi connectivity index (χ1n) is 10.9. The Balaban J connectivity index is 1.60. The summed E-state index contributed by atoms with van der Waals surface area (Å²) in [6.07, 6.45) is 0. The third-order valence-electron chi connectivity index (χ3n) is 4.85. The predicted molar refractivity (Wildman–Crippen MR) is 133 cm³/mol. The fourth-order valence-corrected chi connectivity index (χ4v) is 4.20. The number of aromatic nitrogens is 2. The summed E-state index contributed by atoms with van der Waals surface area (Å²) in [5.74, 6) is 0.996. The first-order valence-corrected chi connectivity index (χ1v) is 11.9. The maximum Gasteiger partial charge on any atom is 0.234 e. The van der Waals surface area contributed by atoms with E-state index in [1.807, 2.05) is 50.2 Å². The number of nitrogens with one attached hydrogen (secondary N) is 1. The highest BCUT2D eigenvalue weighted by Crippen LogP contribution is 2.35. The van der Waals surface area contributed by atoms with Crippen molar-refractivity contribution < 1.29 is 18.7 Å². The maximum atomic E-state index is 14.0. The third kappa shape index (κ3) is 5.46. The molecule has 0 saturated carbocycles. The van der Waals surface area contributed by atoms with E-state index < -0.39 is 0 Å². The van der Waals surface area contributed by atoms with Crippen LogP contribution < -0.4 is 14.8 Å². The Kier molecular flexibility index (Phi) is 7.59. The van der Waals surface area contributed by atoms with Crippen LogP contribution in [0, 0.1) is 5.82 Å². The number of hydrogen-bond acceptors (Lipinski definition) is 6. The molecule has 0 spiro atoms. The predicted octanol–water partition coefficient (Wildman–Crippen LogP) is 5.96. The highest BCUT2D eigenvalue weighted by molar-refractivity contribution is 8.00. The van der Waals surface area contributed by atoms with Crippen molar-refractivity contribution in [3.63, 3.8) is 0 Å². The summed E-state index contributed by atoms with van der Waals surface area (Å²) < 4.78 is 25.3. The van der Waals surface area contributed by atoms with Crippen molar-refractivity contribution >= 4 is 34.3 Å². The molecule has 0 bridgehead atoms. The van der Waals surface area contributed by atoms with Gasteiger partial charge in [0, 0.05) is 10.9 Å². The molecule has 8 heteroatoms. The van der Waals surface area contributed by atoms with E-state index in [0.717, 1.165) is 5.56 Å². The van der Waals surface area contributed by atoms with Crippen LogP contribution >= 0.6 is 11.8 Å². The molecule has 0 fully saturated rings. The minimum atomic E-state index is -0.387. The molecular weight excluding hydrogens is 453 g/mol. The molecule has 34 heavy (non-hydrogen) atoms. The molecule has 4 aromatic rings. The number of nitrogens with zero attached hydrogens (tertiary/aromatic N) is 2. The van der Waals surface area contributed by atoms with Crippen LogP contribution in [0.1, 0.15) is 13.8 Å². The monoisotopic (exact) mass is 477 g/mol. The topological polar surface area (TPSA) is 73.3 Å². The van der Waals surface area contributed by atoms with E-state index in [9.17, 15) is 9.18 Å². The Morgan fingerprint density at radius 2 is 1.65 bits per heavy atom. The van der Waals surface area contributed by atoms with Crippen LogP contribution in [-0.4, -0.2) is 34.8 Å². The second-order valence-corrected chi connectivity index (χ2v) is 8.18. The first kappa shape index (κ1) is 23.5. The van der Waals surface area contributed by atoms with Crippen molar-refractivity contribution in [1.29, 1.82) is 0 Å². The molecule has 174 valence electrons. The van der Waals surface area contributed by atoms with Gasteiger partial charge in [0.15, 0.2) is 5.82 Å². The summed E-state index contributed by atoms with van der Waals surface area (Å²) in [5.41, 5.74) is 1.94. The lowest BCUT2D eigenvalue weighted by Gasteiger charge is -2.16. The molecule has 0 aliphatic carbocycles. The quantitative estimate of drug-likeness (QED) is 0.237. The lowest BCUT2D eigenvalue weighted by atomic mass is 10.2. The fraction of sp³-hybridized carbons (Fsp3) is 0.192. The number of carbonyl (C=O) groups is 1. The van der Waals surface area contributed by atoms with Gasteiger partial charge in [0.05, 0.1) is 24.5 Å². The van der Waals surface area contributed by atoms with Gasteiger partial charge in [-0.2, -0.15) is 0 Å². The van der Waals surface area contributed by atoms with Crippen LogP contribution in [0.15, 0.2) is 71.8 Å². The molecule has 0 radical (unpaired) electrons. The number of thioether (sulfide) groups is 1. The van der Waals surface area contributed by atoms with Gasteiger partial charge >= 0.3 is 0 Å². The molecule has 0 atom stereocenters. The SMILES string of the molecule is CCOc1cccc(OCC)c1NC(=O)CSc1nc(-c2ccccc2)nc2ccc(F)cc12. The molecule has 1 heterocycles. The van der Waals surface area contributed by atoms with Gasteiger partial charge in [-0.25, -0.2) is 14.4 Å². The molecule has 3 aromatic carbocycles. The minimum Gasteiger partial charge on any atom is -0.492 e. The standard InChI is InChI=1S/C26H24FN3O3S/c1-3-32-21-11-8-12-22(33-4-2)24(21)29-23(31)16-34-26-19-15-18(27)13-14-20(19)28-25(30-26)17-9-6-5-7-10-17/h5-15H,3-4,16H2,1-2H3,(H,29,31). The summed E-state index contributed by atoms with van der Waals surface area (Å²) in [4.78, 5) is 22.1. The maximum absolute atomic E-state index is 14.0. The number of benzene rings is 3. The summed E-state index contributed by atoms with van der Waals surface area (Å²) in [7, 11) is 0. The van der Waals surface area contributed by atoms with Crippen LogP contribution in [-0.2, 0) is 4.79 Å². The van der Waals surface area contributed by atoms with Crippen LogP contribution in [0.4, 0.5) is 10.1 Å². The molecule has 1 amide bonds. The number of ether oxygens (including phenoxy) is 2. The van der Waals surface area contributed by atoms with Crippen molar-refractivity contribution in [2.75, 3.05) is 24.3 Å². The second-order valence-electron chi connectivity index (χ2n) is 7.21. The largest absolute Gasteiger partial charge is 0.492 e. The number of fused-ring (bicyclic) bond motifs is 1. The molecule has 0 unspecified atom stereocenters. The lowest BCUT2D eigenvalue weighted by Crippen LogP contribution is -2.16. The molecular formula is C26H24FN3O3S. The molecule has 1 N–H and O–H groups in total. The van der Waals surface area contributed by atoms with Gasteiger partial charge in [0.2, 0.25) is 5.91 Å². The summed E-state index contributed by atoms with van der Waals surface area (Å²) in [6.45, 7) is 4.65. The van der Waals surface area contributed by atoms with E-state index in [-0.39, 0.29) is 17.5 Å². The second kappa shape index (κ2) is 11.0. The Hall–Kier alpha value is -3.65.